The molecule has 1 rings (SSSR count). The predicted molar refractivity (Wildman–Crippen MR) is 59.8 cm³/mol. The summed E-state index contributed by atoms with van der Waals surface area (Å²) in [7, 11) is 1.81. The van der Waals surface area contributed by atoms with Crippen LogP contribution in [0.5, 0.6) is 0 Å². The molecule has 0 atom stereocenters. The number of nitrogens with one attached hydrogen (secondary N) is 1. The Morgan fingerprint density at radius 3 is 2.22 bits per heavy atom. The molecule has 0 aliphatic carbocycles. The lowest BCUT2D eigenvalue weighted by Gasteiger charge is -2.15. The highest BCUT2D eigenvalue weighted by Crippen LogP contribution is 2.23. The molecule has 0 unspecified atom stereocenters. The molecule has 1 aromatic carbocycles. The van der Waals surface area contributed by atoms with Crippen molar-refractivity contribution in [3.05, 3.63) is 35.4 Å². The van der Waals surface area contributed by atoms with Gasteiger partial charge in [0.15, 0.2) is 0 Å². The van der Waals surface area contributed by atoms with Crippen molar-refractivity contribution < 1.29 is 22.3 Å². The summed E-state index contributed by atoms with van der Waals surface area (Å²) in [4.78, 5) is 0. The average molecular weight is 265 g/mol. The molecule has 0 saturated heterocycles. The van der Waals surface area contributed by atoms with Gasteiger partial charge in [-0.05, 0) is 18.2 Å². The minimum atomic E-state index is -4.09. The van der Waals surface area contributed by atoms with E-state index in [9.17, 15) is 17.6 Å². The quantitative estimate of drug-likeness (QED) is 0.765. The van der Waals surface area contributed by atoms with E-state index in [-0.39, 0.29) is 6.61 Å². The van der Waals surface area contributed by atoms with Gasteiger partial charge in [-0.15, -0.1) is 0 Å². The van der Waals surface area contributed by atoms with E-state index in [2.05, 4.69) is 10.1 Å². The molecule has 0 amide bonds. The molecular weight excluding hydrogens is 250 g/mol. The van der Waals surface area contributed by atoms with Crippen LogP contribution in [0.4, 0.5) is 17.6 Å². The van der Waals surface area contributed by atoms with E-state index in [1.165, 1.54) is 0 Å². The van der Waals surface area contributed by atoms with E-state index < -0.39 is 19.0 Å². The van der Waals surface area contributed by atoms with Crippen LogP contribution >= 0.6 is 0 Å². The van der Waals surface area contributed by atoms with Crippen LogP contribution in [0.1, 0.15) is 11.1 Å². The van der Waals surface area contributed by atoms with Gasteiger partial charge in [-0.3, -0.25) is 0 Å². The topological polar surface area (TPSA) is 21.3 Å². The second-order valence-corrected chi connectivity index (χ2v) is 3.90. The van der Waals surface area contributed by atoms with Crippen LogP contribution in [0.15, 0.2) is 24.3 Å². The van der Waals surface area contributed by atoms with Crippen molar-refractivity contribution >= 4 is 0 Å². The summed E-state index contributed by atoms with van der Waals surface area (Å²) < 4.78 is 53.3. The highest BCUT2D eigenvalue weighted by Gasteiger charge is 2.40. The highest BCUT2D eigenvalue weighted by molar-refractivity contribution is 5.21. The zero-order chi connectivity index (χ0) is 13.6. The Bertz CT molecular complexity index is 354. The molecule has 0 aliphatic rings. The van der Waals surface area contributed by atoms with Crippen LogP contribution in [0.3, 0.4) is 0 Å². The van der Waals surface area contributed by atoms with Gasteiger partial charge in [0.1, 0.15) is 6.61 Å². The third-order valence-corrected chi connectivity index (χ3v) is 2.29. The monoisotopic (exact) mass is 265 g/mol. The van der Waals surface area contributed by atoms with Gasteiger partial charge in [-0.25, -0.2) is 8.78 Å². The normalized spacial score (nSPS) is 12.1. The van der Waals surface area contributed by atoms with Crippen LogP contribution in [0, 0.1) is 0 Å². The lowest BCUT2D eigenvalue weighted by Crippen LogP contribution is -2.32. The largest absolute Gasteiger partial charge is 0.370 e. The fraction of sp³-hybridized carbons (Fsp3) is 0.500. The third-order valence-electron chi connectivity index (χ3n) is 2.29. The Balaban J connectivity index is 2.40. The van der Waals surface area contributed by atoms with E-state index in [4.69, 9.17) is 0 Å². The molecule has 0 radical (unpaired) electrons. The summed E-state index contributed by atoms with van der Waals surface area (Å²) in [6.07, 6.45) is -3.70. The lowest BCUT2D eigenvalue weighted by atomic mass is 10.1. The minimum absolute atomic E-state index is 0.109. The second kappa shape index (κ2) is 6.70. The molecular formula is C12H15F4NO. The number of benzene rings is 1. The summed E-state index contributed by atoms with van der Waals surface area (Å²) in [5.74, 6) is -4.09. The maximum Gasteiger partial charge on any atom is 0.330 e. The number of ether oxygens (including phenoxy) is 1. The smallest absolute Gasteiger partial charge is 0.330 e. The fourth-order valence-electron chi connectivity index (χ4n) is 1.33. The number of rotatable bonds is 7. The standard InChI is InChI=1S/C12H15F4NO/c1-17-6-9-2-4-10(5-3-9)7-18-8-12(15,16)11(13)14/h2-5,11,17H,6-8H2,1H3. The zero-order valence-electron chi connectivity index (χ0n) is 9.93. The summed E-state index contributed by atoms with van der Waals surface area (Å²) in [5.41, 5.74) is 1.71. The van der Waals surface area contributed by atoms with Crippen molar-refractivity contribution in [2.24, 2.45) is 0 Å². The fourth-order valence-corrected chi connectivity index (χ4v) is 1.33. The molecule has 6 heteroatoms. The van der Waals surface area contributed by atoms with Crippen molar-refractivity contribution in [1.82, 2.24) is 5.32 Å². The van der Waals surface area contributed by atoms with Crippen LogP contribution in [-0.4, -0.2) is 26.0 Å². The van der Waals surface area contributed by atoms with Crippen molar-refractivity contribution in [2.45, 2.75) is 25.5 Å². The van der Waals surface area contributed by atoms with Crippen molar-refractivity contribution in [3.8, 4) is 0 Å². The van der Waals surface area contributed by atoms with E-state index in [0.717, 1.165) is 5.56 Å². The molecule has 102 valence electrons. The molecule has 2 nitrogen and oxygen atoms in total. The third kappa shape index (κ3) is 4.62. The van der Waals surface area contributed by atoms with E-state index in [1.54, 1.807) is 12.1 Å². The number of hydrogen-bond donors (Lipinski definition) is 1. The van der Waals surface area contributed by atoms with Gasteiger partial charge in [-0.1, -0.05) is 24.3 Å². The summed E-state index contributed by atoms with van der Waals surface area (Å²) in [6, 6.07) is 7.07. The molecule has 1 aromatic rings. The first-order chi connectivity index (χ1) is 8.45. The van der Waals surface area contributed by atoms with Crippen LogP contribution in [0.2, 0.25) is 0 Å². The molecule has 0 saturated carbocycles. The molecule has 0 aliphatic heterocycles. The Labute approximate surface area is 103 Å². The second-order valence-electron chi connectivity index (χ2n) is 3.90. The highest BCUT2D eigenvalue weighted by atomic mass is 19.3. The van der Waals surface area contributed by atoms with E-state index in [1.807, 2.05) is 19.2 Å². The maximum absolute atomic E-state index is 12.5. The van der Waals surface area contributed by atoms with Gasteiger partial charge in [-0.2, -0.15) is 8.78 Å². The maximum atomic E-state index is 12.5. The number of halogens is 4. The summed E-state index contributed by atoms with van der Waals surface area (Å²) in [6.45, 7) is -0.685. The van der Waals surface area contributed by atoms with Gasteiger partial charge in [0.05, 0.1) is 6.61 Å². The Kier molecular flexibility index (Phi) is 5.55. The molecule has 0 heterocycles. The van der Waals surface area contributed by atoms with Crippen molar-refractivity contribution in [1.29, 1.82) is 0 Å². The molecule has 0 bridgehead atoms. The molecule has 1 N–H and O–H groups in total. The summed E-state index contributed by atoms with van der Waals surface area (Å²) >= 11 is 0. The minimum Gasteiger partial charge on any atom is -0.370 e. The van der Waals surface area contributed by atoms with Gasteiger partial charge in [0.25, 0.3) is 0 Å². The van der Waals surface area contributed by atoms with Crippen molar-refractivity contribution in [2.75, 3.05) is 13.7 Å². The van der Waals surface area contributed by atoms with Gasteiger partial charge in [0.2, 0.25) is 0 Å². The molecule has 0 spiro atoms. The Hall–Kier alpha value is -1.14. The van der Waals surface area contributed by atoms with Crippen LogP contribution < -0.4 is 5.32 Å². The number of hydrogen-bond acceptors (Lipinski definition) is 2. The SMILES string of the molecule is CNCc1ccc(COCC(F)(F)C(F)F)cc1. The van der Waals surface area contributed by atoms with Gasteiger partial charge in [0, 0.05) is 6.54 Å². The van der Waals surface area contributed by atoms with E-state index in [0.29, 0.717) is 12.1 Å². The predicted octanol–water partition coefficient (Wildman–Crippen LogP) is 2.82. The molecule has 18 heavy (non-hydrogen) atoms. The van der Waals surface area contributed by atoms with Crippen LogP contribution in [-0.2, 0) is 17.9 Å². The average Bonchev–Trinajstić information content (AvgIpc) is 2.31. The van der Waals surface area contributed by atoms with Crippen LogP contribution in [0.25, 0.3) is 0 Å². The first-order valence-corrected chi connectivity index (χ1v) is 5.42. The van der Waals surface area contributed by atoms with Gasteiger partial charge < -0.3 is 10.1 Å². The zero-order valence-corrected chi connectivity index (χ0v) is 9.93. The first-order valence-electron chi connectivity index (χ1n) is 5.42. The van der Waals surface area contributed by atoms with Gasteiger partial charge >= 0.3 is 12.3 Å². The molecule has 0 aromatic heterocycles. The Morgan fingerprint density at radius 2 is 1.72 bits per heavy atom. The number of alkyl halides is 4. The first kappa shape index (κ1) is 14.9. The Morgan fingerprint density at radius 1 is 1.17 bits per heavy atom. The summed E-state index contributed by atoms with van der Waals surface area (Å²) in [5, 5.41) is 2.97. The lowest BCUT2D eigenvalue weighted by molar-refractivity contribution is -0.168. The van der Waals surface area contributed by atoms with Crippen molar-refractivity contribution in [3.63, 3.8) is 0 Å². The van der Waals surface area contributed by atoms with E-state index >= 15 is 0 Å². The molecule has 0 fully saturated rings.